The summed E-state index contributed by atoms with van der Waals surface area (Å²) in [5.74, 6) is -0.0910. The Labute approximate surface area is 118 Å². The molecule has 0 aliphatic heterocycles. The molecule has 20 heavy (non-hydrogen) atoms. The average molecular weight is 273 g/mol. The Morgan fingerprint density at radius 2 is 1.95 bits per heavy atom. The molecule has 1 N–H and O–H groups in total. The van der Waals surface area contributed by atoms with Gasteiger partial charge in [-0.15, -0.1) is 0 Å². The zero-order valence-corrected chi connectivity index (χ0v) is 11.6. The maximum absolute atomic E-state index is 11.7. The van der Waals surface area contributed by atoms with Crippen LogP contribution in [-0.2, 0) is 9.53 Å². The van der Waals surface area contributed by atoms with Crippen molar-refractivity contribution in [3.8, 4) is 0 Å². The number of allylic oxidation sites excluding steroid dienone is 1. The molecule has 0 atom stereocenters. The first-order valence-electron chi connectivity index (χ1n) is 6.96. The molecule has 1 aromatic carbocycles. The number of ketones is 1. The van der Waals surface area contributed by atoms with Crippen LogP contribution in [0.15, 0.2) is 36.0 Å². The summed E-state index contributed by atoms with van der Waals surface area (Å²) in [6.45, 7) is 2.15. The Hall–Kier alpha value is -2.10. The van der Waals surface area contributed by atoms with Crippen molar-refractivity contribution in [3.05, 3.63) is 41.6 Å². The molecule has 1 aliphatic rings. The number of esters is 1. The lowest BCUT2D eigenvalue weighted by Crippen LogP contribution is -2.10. The molecular formula is C16H19NO3. The van der Waals surface area contributed by atoms with Gasteiger partial charge in [-0.25, -0.2) is 4.79 Å². The third-order valence-electron chi connectivity index (χ3n) is 3.27. The second kappa shape index (κ2) is 6.89. The summed E-state index contributed by atoms with van der Waals surface area (Å²) in [4.78, 5) is 23.2. The van der Waals surface area contributed by atoms with E-state index in [9.17, 15) is 9.59 Å². The lowest BCUT2D eigenvalue weighted by Gasteiger charge is -2.12. The van der Waals surface area contributed by atoms with Gasteiger partial charge in [-0.3, -0.25) is 4.79 Å². The predicted octanol–water partition coefficient (Wildman–Crippen LogP) is 3.30. The number of hydrogen-bond acceptors (Lipinski definition) is 4. The van der Waals surface area contributed by atoms with Crippen LogP contribution < -0.4 is 5.32 Å². The van der Waals surface area contributed by atoms with Crippen LogP contribution in [-0.4, -0.2) is 18.4 Å². The van der Waals surface area contributed by atoms with Gasteiger partial charge >= 0.3 is 5.97 Å². The zero-order valence-electron chi connectivity index (χ0n) is 11.6. The molecule has 0 saturated heterocycles. The lowest BCUT2D eigenvalue weighted by molar-refractivity contribution is -0.116. The van der Waals surface area contributed by atoms with E-state index in [0.29, 0.717) is 18.6 Å². The summed E-state index contributed by atoms with van der Waals surface area (Å²) in [6, 6.07) is 7.02. The molecule has 0 heterocycles. The van der Waals surface area contributed by atoms with Crippen molar-refractivity contribution in [3.63, 3.8) is 0 Å². The Kier molecular flexibility index (Phi) is 4.93. The van der Waals surface area contributed by atoms with Gasteiger partial charge in [0.15, 0.2) is 5.78 Å². The van der Waals surface area contributed by atoms with E-state index in [0.717, 1.165) is 30.5 Å². The summed E-state index contributed by atoms with van der Waals surface area (Å²) < 4.78 is 4.92. The smallest absolute Gasteiger partial charge is 0.338 e. The van der Waals surface area contributed by atoms with Crippen molar-refractivity contribution in [2.75, 3.05) is 11.9 Å². The van der Waals surface area contributed by atoms with E-state index >= 15 is 0 Å². The van der Waals surface area contributed by atoms with Gasteiger partial charge in [0.25, 0.3) is 0 Å². The van der Waals surface area contributed by atoms with Gasteiger partial charge in [0.2, 0.25) is 0 Å². The van der Waals surface area contributed by atoms with Gasteiger partial charge in [-0.1, -0.05) is 0 Å². The second-order valence-electron chi connectivity index (χ2n) is 4.74. The molecule has 2 rings (SSSR count). The minimum Gasteiger partial charge on any atom is -0.462 e. The fraction of sp³-hybridized carbons (Fsp3) is 0.375. The summed E-state index contributed by atoms with van der Waals surface area (Å²) in [6.07, 6.45) is 5.33. The SMILES string of the molecule is CCOC(=O)c1ccc(N/C=C2/CCCCC2=O)cc1. The molecule has 0 radical (unpaired) electrons. The Morgan fingerprint density at radius 1 is 1.25 bits per heavy atom. The van der Waals surface area contributed by atoms with E-state index in [1.165, 1.54) is 0 Å². The first-order valence-corrected chi connectivity index (χ1v) is 6.96. The van der Waals surface area contributed by atoms with E-state index in [-0.39, 0.29) is 11.8 Å². The summed E-state index contributed by atoms with van der Waals surface area (Å²) in [5, 5.41) is 3.11. The van der Waals surface area contributed by atoms with E-state index in [1.54, 1.807) is 37.4 Å². The van der Waals surface area contributed by atoms with Crippen molar-refractivity contribution in [1.82, 2.24) is 0 Å². The molecule has 0 spiro atoms. The number of benzene rings is 1. The van der Waals surface area contributed by atoms with Crippen molar-refractivity contribution in [2.45, 2.75) is 32.6 Å². The molecule has 1 aromatic rings. The van der Waals surface area contributed by atoms with Crippen molar-refractivity contribution in [2.24, 2.45) is 0 Å². The minimum atomic E-state index is -0.320. The van der Waals surface area contributed by atoms with Gasteiger partial charge in [0.05, 0.1) is 12.2 Å². The molecule has 1 aliphatic carbocycles. The standard InChI is InChI=1S/C16H19NO3/c1-2-20-16(19)12-7-9-14(10-8-12)17-11-13-5-3-4-6-15(13)18/h7-11,17H,2-6H2,1H3/b13-11-. The van der Waals surface area contributed by atoms with Crippen LogP contribution in [0.4, 0.5) is 5.69 Å². The fourth-order valence-corrected chi connectivity index (χ4v) is 2.14. The first kappa shape index (κ1) is 14.3. The molecule has 4 nitrogen and oxygen atoms in total. The van der Waals surface area contributed by atoms with E-state index in [2.05, 4.69) is 5.32 Å². The van der Waals surface area contributed by atoms with Crippen LogP contribution in [0.5, 0.6) is 0 Å². The van der Waals surface area contributed by atoms with Crippen molar-refractivity contribution in [1.29, 1.82) is 0 Å². The number of carbonyl (C=O) groups excluding carboxylic acids is 2. The van der Waals surface area contributed by atoms with Crippen molar-refractivity contribution >= 4 is 17.4 Å². The highest BCUT2D eigenvalue weighted by molar-refractivity contribution is 5.96. The molecule has 1 saturated carbocycles. The Balaban J connectivity index is 1.98. The number of carbonyl (C=O) groups is 2. The Bertz CT molecular complexity index is 517. The van der Waals surface area contributed by atoms with Crippen LogP contribution in [0, 0.1) is 0 Å². The highest BCUT2D eigenvalue weighted by atomic mass is 16.5. The number of nitrogens with one attached hydrogen (secondary N) is 1. The van der Waals surface area contributed by atoms with Gasteiger partial charge in [0.1, 0.15) is 0 Å². The third kappa shape index (κ3) is 3.70. The molecule has 0 bridgehead atoms. The first-order chi connectivity index (χ1) is 9.70. The zero-order chi connectivity index (χ0) is 14.4. The topological polar surface area (TPSA) is 55.4 Å². The van der Waals surface area contributed by atoms with Crippen LogP contribution in [0.2, 0.25) is 0 Å². The van der Waals surface area contributed by atoms with E-state index in [1.807, 2.05) is 0 Å². The fourth-order valence-electron chi connectivity index (χ4n) is 2.14. The average Bonchev–Trinajstić information content (AvgIpc) is 2.47. The molecular weight excluding hydrogens is 254 g/mol. The monoisotopic (exact) mass is 273 g/mol. The third-order valence-corrected chi connectivity index (χ3v) is 3.27. The molecule has 106 valence electrons. The highest BCUT2D eigenvalue weighted by Crippen LogP contribution is 2.20. The van der Waals surface area contributed by atoms with E-state index < -0.39 is 0 Å². The maximum atomic E-state index is 11.7. The summed E-state index contributed by atoms with van der Waals surface area (Å²) >= 11 is 0. The van der Waals surface area contributed by atoms with Crippen LogP contribution in [0.1, 0.15) is 43.0 Å². The van der Waals surface area contributed by atoms with Gasteiger partial charge < -0.3 is 10.1 Å². The highest BCUT2D eigenvalue weighted by Gasteiger charge is 2.14. The quantitative estimate of drug-likeness (QED) is 0.675. The summed E-state index contributed by atoms with van der Waals surface area (Å²) in [7, 11) is 0. The number of rotatable bonds is 4. The molecule has 0 amide bonds. The van der Waals surface area contributed by atoms with E-state index in [4.69, 9.17) is 4.74 Å². The predicted molar refractivity (Wildman–Crippen MR) is 77.6 cm³/mol. The number of hydrogen-bond donors (Lipinski definition) is 1. The van der Waals surface area contributed by atoms with Gasteiger partial charge in [-0.2, -0.15) is 0 Å². The van der Waals surface area contributed by atoms with Crippen LogP contribution >= 0.6 is 0 Å². The number of anilines is 1. The Morgan fingerprint density at radius 3 is 2.60 bits per heavy atom. The lowest BCUT2D eigenvalue weighted by atomic mass is 9.94. The van der Waals surface area contributed by atoms with Crippen LogP contribution in [0.3, 0.4) is 0 Å². The molecule has 0 aromatic heterocycles. The largest absolute Gasteiger partial charge is 0.462 e. The van der Waals surface area contributed by atoms with Crippen molar-refractivity contribution < 1.29 is 14.3 Å². The number of ether oxygens (including phenoxy) is 1. The number of Topliss-reactive ketones (excluding diaryl/α,β-unsaturated/α-hetero) is 1. The minimum absolute atomic E-state index is 0.229. The normalized spacial score (nSPS) is 17.1. The second-order valence-corrected chi connectivity index (χ2v) is 4.74. The molecule has 0 unspecified atom stereocenters. The van der Waals surface area contributed by atoms with Gasteiger partial charge in [0, 0.05) is 23.9 Å². The summed E-state index contributed by atoms with van der Waals surface area (Å²) in [5.41, 5.74) is 2.23. The maximum Gasteiger partial charge on any atom is 0.338 e. The van der Waals surface area contributed by atoms with Crippen LogP contribution in [0.25, 0.3) is 0 Å². The van der Waals surface area contributed by atoms with Gasteiger partial charge in [-0.05, 0) is 50.5 Å². The molecule has 1 fully saturated rings. The molecule has 4 heteroatoms.